The van der Waals surface area contributed by atoms with Gasteiger partial charge in [-0.2, -0.15) is 0 Å². The van der Waals surface area contributed by atoms with Crippen molar-refractivity contribution < 1.29 is 4.39 Å². The van der Waals surface area contributed by atoms with Crippen LogP contribution in [-0.4, -0.2) is 35.1 Å². The van der Waals surface area contributed by atoms with E-state index in [2.05, 4.69) is 33.2 Å². The molecule has 1 aromatic heterocycles. The molecule has 1 aromatic carbocycles. The van der Waals surface area contributed by atoms with Crippen molar-refractivity contribution in [2.24, 2.45) is 0 Å². The van der Waals surface area contributed by atoms with Crippen molar-refractivity contribution in [1.82, 2.24) is 15.3 Å². The number of anilines is 1. The molecule has 0 saturated carbocycles. The van der Waals surface area contributed by atoms with E-state index in [1.54, 1.807) is 0 Å². The van der Waals surface area contributed by atoms with Crippen LogP contribution in [0.3, 0.4) is 0 Å². The first kappa shape index (κ1) is 17.8. The number of rotatable bonds is 5. The molecule has 1 atom stereocenters. The lowest BCUT2D eigenvalue weighted by Gasteiger charge is -2.34. The molecule has 0 radical (unpaired) electrons. The van der Waals surface area contributed by atoms with Crippen LogP contribution in [0.2, 0.25) is 0 Å². The molecule has 134 valence electrons. The van der Waals surface area contributed by atoms with Gasteiger partial charge in [-0.15, -0.1) is 0 Å². The highest BCUT2D eigenvalue weighted by Gasteiger charge is 2.21. The first-order valence-corrected chi connectivity index (χ1v) is 9.07. The van der Waals surface area contributed by atoms with Gasteiger partial charge in [0.1, 0.15) is 17.5 Å². The molecule has 5 heteroatoms. The van der Waals surface area contributed by atoms with Gasteiger partial charge in [-0.1, -0.05) is 12.1 Å². The lowest BCUT2D eigenvalue weighted by Crippen LogP contribution is -2.46. The van der Waals surface area contributed by atoms with Crippen LogP contribution in [0.4, 0.5) is 10.2 Å². The van der Waals surface area contributed by atoms with Gasteiger partial charge in [0.15, 0.2) is 0 Å². The Balaban J connectivity index is 1.49. The number of nitrogens with one attached hydrogen (secondary N) is 1. The lowest BCUT2D eigenvalue weighted by molar-refractivity contribution is 0.374. The zero-order chi connectivity index (χ0) is 17.8. The van der Waals surface area contributed by atoms with E-state index in [0.29, 0.717) is 12.1 Å². The Labute approximate surface area is 149 Å². The Morgan fingerprint density at radius 3 is 2.48 bits per heavy atom. The third kappa shape index (κ3) is 4.98. The van der Waals surface area contributed by atoms with Crippen LogP contribution in [0.1, 0.15) is 36.8 Å². The summed E-state index contributed by atoms with van der Waals surface area (Å²) >= 11 is 0. The molecule has 1 aliphatic rings. The first-order valence-electron chi connectivity index (χ1n) is 9.07. The van der Waals surface area contributed by atoms with Gasteiger partial charge in [-0.05, 0) is 57.7 Å². The van der Waals surface area contributed by atoms with Crippen LogP contribution in [0.5, 0.6) is 0 Å². The van der Waals surface area contributed by atoms with E-state index in [1.807, 2.05) is 26.0 Å². The normalized spacial score (nSPS) is 16.9. The number of nitrogens with zero attached hydrogens (tertiary/aromatic N) is 3. The molecule has 1 fully saturated rings. The van der Waals surface area contributed by atoms with Gasteiger partial charge >= 0.3 is 0 Å². The van der Waals surface area contributed by atoms with Crippen molar-refractivity contribution in [3.63, 3.8) is 0 Å². The molecule has 1 aliphatic heterocycles. The second-order valence-corrected chi connectivity index (χ2v) is 7.07. The predicted molar refractivity (Wildman–Crippen MR) is 99.4 cm³/mol. The Morgan fingerprint density at radius 1 is 1.16 bits per heavy atom. The fourth-order valence-corrected chi connectivity index (χ4v) is 3.57. The minimum absolute atomic E-state index is 0.174. The SMILES string of the molecule is Cc1cc(N2CCC(N[C@@H](C)Cc3ccc(F)cc3)CC2)nc(C)n1. The maximum absolute atomic E-state index is 13.0. The van der Waals surface area contributed by atoms with Crippen LogP contribution in [0.15, 0.2) is 30.3 Å². The van der Waals surface area contributed by atoms with Crippen molar-refractivity contribution in [2.45, 2.75) is 52.1 Å². The Kier molecular flexibility index (Phi) is 5.63. The molecular formula is C20H27FN4. The summed E-state index contributed by atoms with van der Waals surface area (Å²) in [5.41, 5.74) is 2.20. The summed E-state index contributed by atoms with van der Waals surface area (Å²) in [6.07, 6.45) is 3.14. The number of aryl methyl sites for hydroxylation is 2. The number of piperidine rings is 1. The minimum Gasteiger partial charge on any atom is -0.356 e. The van der Waals surface area contributed by atoms with Gasteiger partial charge in [0.2, 0.25) is 0 Å². The summed E-state index contributed by atoms with van der Waals surface area (Å²) in [6.45, 7) is 8.19. The summed E-state index contributed by atoms with van der Waals surface area (Å²) in [5, 5.41) is 3.72. The van der Waals surface area contributed by atoms with Crippen molar-refractivity contribution >= 4 is 5.82 Å². The van der Waals surface area contributed by atoms with Crippen molar-refractivity contribution in [2.75, 3.05) is 18.0 Å². The highest BCUT2D eigenvalue weighted by atomic mass is 19.1. The Bertz CT molecular complexity index is 673. The summed E-state index contributed by atoms with van der Waals surface area (Å²) in [5.74, 6) is 1.71. The lowest BCUT2D eigenvalue weighted by atomic mass is 10.0. The fourth-order valence-electron chi connectivity index (χ4n) is 3.57. The molecule has 2 heterocycles. The third-order valence-electron chi connectivity index (χ3n) is 4.75. The molecule has 1 saturated heterocycles. The van der Waals surface area contributed by atoms with Gasteiger partial charge in [0, 0.05) is 36.9 Å². The highest BCUT2D eigenvalue weighted by molar-refractivity contribution is 5.40. The van der Waals surface area contributed by atoms with Gasteiger partial charge in [0.25, 0.3) is 0 Å². The zero-order valence-corrected chi connectivity index (χ0v) is 15.3. The molecule has 4 nitrogen and oxygen atoms in total. The van der Waals surface area contributed by atoms with E-state index in [0.717, 1.165) is 49.7 Å². The van der Waals surface area contributed by atoms with Crippen LogP contribution in [0, 0.1) is 19.7 Å². The molecule has 2 aromatic rings. The summed E-state index contributed by atoms with van der Waals surface area (Å²) in [6, 6.07) is 9.78. The monoisotopic (exact) mass is 342 g/mol. The molecular weight excluding hydrogens is 315 g/mol. The molecule has 25 heavy (non-hydrogen) atoms. The van der Waals surface area contributed by atoms with E-state index in [1.165, 1.54) is 17.7 Å². The van der Waals surface area contributed by atoms with Crippen LogP contribution < -0.4 is 10.2 Å². The van der Waals surface area contributed by atoms with E-state index in [4.69, 9.17) is 0 Å². The number of hydrogen-bond acceptors (Lipinski definition) is 4. The van der Waals surface area contributed by atoms with Crippen molar-refractivity contribution in [3.05, 3.63) is 53.2 Å². The molecule has 0 aliphatic carbocycles. The van der Waals surface area contributed by atoms with E-state index in [-0.39, 0.29) is 5.82 Å². The molecule has 0 unspecified atom stereocenters. The molecule has 0 amide bonds. The van der Waals surface area contributed by atoms with Gasteiger partial charge in [-0.25, -0.2) is 14.4 Å². The van der Waals surface area contributed by atoms with E-state index < -0.39 is 0 Å². The van der Waals surface area contributed by atoms with Crippen molar-refractivity contribution in [3.8, 4) is 0 Å². The van der Waals surface area contributed by atoms with Crippen LogP contribution in [0.25, 0.3) is 0 Å². The van der Waals surface area contributed by atoms with Gasteiger partial charge in [0.05, 0.1) is 0 Å². The van der Waals surface area contributed by atoms with Crippen LogP contribution >= 0.6 is 0 Å². The third-order valence-corrected chi connectivity index (χ3v) is 4.75. The number of aromatic nitrogens is 2. The first-order chi connectivity index (χ1) is 12.0. The molecule has 1 N–H and O–H groups in total. The second kappa shape index (κ2) is 7.91. The van der Waals surface area contributed by atoms with E-state index in [9.17, 15) is 4.39 Å². The quantitative estimate of drug-likeness (QED) is 0.904. The Morgan fingerprint density at radius 2 is 1.84 bits per heavy atom. The topological polar surface area (TPSA) is 41.0 Å². The van der Waals surface area contributed by atoms with Crippen LogP contribution in [-0.2, 0) is 6.42 Å². The number of halogens is 1. The maximum atomic E-state index is 13.0. The van der Waals surface area contributed by atoms with Crippen molar-refractivity contribution in [1.29, 1.82) is 0 Å². The average molecular weight is 342 g/mol. The summed E-state index contributed by atoms with van der Waals surface area (Å²) in [4.78, 5) is 11.3. The maximum Gasteiger partial charge on any atom is 0.132 e. The smallest absolute Gasteiger partial charge is 0.132 e. The highest BCUT2D eigenvalue weighted by Crippen LogP contribution is 2.19. The largest absolute Gasteiger partial charge is 0.356 e. The minimum atomic E-state index is -0.174. The van der Waals surface area contributed by atoms with Gasteiger partial charge < -0.3 is 10.2 Å². The zero-order valence-electron chi connectivity index (χ0n) is 15.3. The second-order valence-electron chi connectivity index (χ2n) is 7.07. The number of hydrogen-bond donors (Lipinski definition) is 1. The fraction of sp³-hybridized carbons (Fsp3) is 0.500. The molecule has 0 spiro atoms. The standard InChI is InChI=1S/C20H27FN4/c1-14(12-17-4-6-18(21)7-5-17)23-19-8-10-25(11-9-19)20-13-15(2)22-16(3)24-20/h4-7,13-14,19,23H,8-12H2,1-3H3/t14-/m0/s1. The average Bonchev–Trinajstić information content (AvgIpc) is 2.57. The molecule has 3 rings (SSSR count). The predicted octanol–water partition coefficient (Wildman–Crippen LogP) is 3.42. The van der Waals surface area contributed by atoms with Gasteiger partial charge in [-0.3, -0.25) is 0 Å². The molecule has 0 bridgehead atoms. The Hall–Kier alpha value is -2.01. The summed E-state index contributed by atoms with van der Waals surface area (Å²) in [7, 11) is 0. The summed E-state index contributed by atoms with van der Waals surface area (Å²) < 4.78 is 13.0. The van der Waals surface area contributed by atoms with E-state index >= 15 is 0 Å². The number of benzene rings is 1.